The molecule has 140 valence electrons. The Balaban J connectivity index is 2.09. The third-order valence-electron chi connectivity index (χ3n) is 4.35. The molecule has 0 aromatic heterocycles. The highest BCUT2D eigenvalue weighted by atomic mass is 19.1. The molecule has 0 amide bonds. The third kappa shape index (κ3) is 5.88. The molecule has 0 atom stereocenters. The van der Waals surface area contributed by atoms with E-state index in [9.17, 15) is 9.18 Å². The van der Waals surface area contributed by atoms with Crippen molar-refractivity contribution in [3.63, 3.8) is 0 Å². The van der Waals surface area contributed by atoms with E-state index in [1.54, 1.807) is 13.0 Å². The van der Waals surface area contributed by atoms with Gasteiger partial charge in [-0.05, 0) is 58.8 Å². The summed E-state index contributed by atoms with van der Waals surface area (Å²) in [5.41, 5.74) is 0.239. The van der Waals surface area contributed by atoms with Crippen molar-refractivity contribution in [1.82, 2.24) is 4.90 Å². The second-order valence-corrected chi connectivity index (χ2v) is 6.37. The number of carbonyl (C=O) groups is 1. The van der Waals surface area contributed by atoms with Gasteiger partial charge in [-0.3, -0.25) is 4.79 Å². The molecule has 0 N–H and O–H groups in total. The first-order chi connectivity index (χ1) is 12.0. The van der Waals surface area contributed by atoms with Crippen LogP contribution in [0.2, 0.25) is 0 Å². The lowest BCUT2D eigenvalue weighted by atomic mass is 9.98. The molecule has 0 spiro atoms. The highest BCUT2D eigenvalue weighted by molar-refractivity contribution is 5.73. The van der Waals surface area contributed by atoms with Crippen LogP contribution in [-0.4, -0.2) is 50.8 Å². The SMILES string of the molecule is CCOC(=O)Cc1cc(OCC)cc(OCC2CCN(C)CC2)c1F. The quantitative estimate of drug-likeness (QED) is 0.672. The van der Waals surface area contributed by atoms with Gasteiger partial charge in [0.05, 0.1) is 26.2 Å². The van der Waals surface area contributed by atoms with Gasteiger partial charge in [-0.2, -0.15) is 0 Å². The van der Waals surface area contributed by atoms with E-state index in [1.807, 2.05) is 6.92 Å². The van der Waals surface area contributed by atoms with Crippen molar-refractivity contribution >= 4 is 5.97 Å². The lowest BCUT2D eigenvalue weighted by Gasteiger charge is -2.28. The molecule has 6 heteroatoms. The van der Waals surface area contributed by atoms with Crippen LogP contribution < -0.4 is 9.47 Å². The fraction of sp³-hybridized carbons (Fsp3) is 0.632. The minimum atomic E-state index is -0.510. The van der Waals surface area contributed by atoms with Gasteiger partial charge in [-0.25, -0.2) is 4.39 Å². The molecule has 25 heavy (non-hydrogen) atoms. The van der Waals surface area contributed by atoms with E-state index in [0.717, 1.165) is 25.9 Å². The maximum absolute atomic E-state index is 14.7. The van der Waals surface area contributed by atoms with Gasteiger partial charge in [0.2, 0.25) is 0 Å². The molecule has 0 saturated carbocycles. The van der Waals surface area contributed by atoms with Crippen LogP contribution in [0, 0.1) is 11.7 Å². The Morgan fingerprint density at radius 2 is 1.92 bits per heavy atom. The van der Waals surface area contributed by atoms with E-state index < -0.39 is 11.8 Å². The summed E-state index contributed by atoms with van der Waals surface area (Å²) in [4.78, 5) is 14.0. The van der Waals surface area contributed by atoms with Gasteiger partial charge in [0.1, 0.15) is 5.75 Å². The van der Waals surface area contributed by atoms with Crippen LogP contribution in [0.1, 0.15) is 32.3 Å². The summed E-state index contributed by atoms with van der Waals surface area (Å²) >= 11 is 0. The maximum atomic E-state index is 14.7. The summed E-state index contributed by atoms with van der Waals surface area (Å²) in [7, 11) is 2.10. The van der Waals surface area contributed by atoms with Gasteiger partial charge < -0.3 is 19.1 Å². The summed E-state index contributed by atoms with van der Waals surface area (Å²) in [5, 5.41) is 0. The van der Waals surface area contributed by atoms with Crippen molar-refractivity contribution in [2.45, 2.75) is 33.1 Å². The number of piperidine rings is 1. The van der Waals surface area contributed by atoms with E-state index >= 15 is 0 Å². The Morgan fingerprint density at radius 3 is 2.56 bits per heavy atom. The van der Waals surface area contributed by atoms with E-state index in [0.29, 0.717) is 24.9 Å². The van der Waals surface area contributed by atoms with Crippen molar-refractivity contribution in [2.24, 2.45) is 5.92 Å². The van der Waals surface area contributed by atoms with Crippen molar-refractivity contribution in [2.75, 3.05) is 40.0 Å². The number of halogens is 1. The Bertz CT molecular complexity index is 571. The number of carbonyl (C=O) groups excluding carboxylic acids is 1. The summed E-state index contributed by atoms with van der Waals surface area (Å²) in [6.45, 7) is 6.84. The average molecular weight is 353 g/mol. The van der Waals surface area contributed by atoms with Crippen molar-refractivity contribution in [3.8, 4) is 11.5 Å². The molecule has 0 bridgehead atoms. The molecule has 1 heterocycles. The molecule has 0 radical (unpaired) electrons. The number of rotatable bonds is 8. The Labute approximate surface area is 149 Å². The van der Waals surface area contributed by atoms with E-state index in [-0.39, 0.29) is 24.3 Å². The van der Waals surface area contributed by atoms with Crippen LogP contribution in [0.5, 0.6) is 11.5 Å². The smallest absolute Gasteiger partial charge is 0.310 e. The number of esters is 1. The number of hydrogen-bond donors (Lipinski definition) is 0. The van der Waals surface area contributed by atoms with E-state index in [1.165, 1.54) is 6.07 Å². The lowest BCUT2D eigenvalue weighted by Crippen LogP contribution is -2.32. The first kappa shape index (κ1) is 19.5. The fourth-order valence-corrected chi connectivity index (χ4v) is 2.92. The molecule has 1 saturated heterocycles. The predicted octanol–water partition coefficient (Wildman–Crippen LogP) is 3.05. The van der Waals surface area contributed by atoms with Crippen LogP contribution in [-0.2, 0) is 16.0 Å². The second-order valence-electron chi connectivity index (χ2n) is 6.37. The van der Waals surface area contributed by atoms with E-state index in [2.05, 4.69) is 11.9 Å². The first-order valence-corrected chi connectivity index (χ1v) is 8.95. The summed E-state index contributed by atoms with van der Waals surface area (Å²) in [5.74, 6) is 0.0892. The zero-order valence-electron chi connectivity index (χ0n) is 15.3. The zero-order chi connectivity index (χ0) is 18.2. The molecule has 1 aliphatic heterocycles. The van der Waals surface area contributed by atoms with Crippen LogP contribution in [0.25, 0.3) is 0 Å². The second kappa shape index (κ2) is 9.61. The lowest BCUT2D eigenvalue weighted by molar-refractivity contribution is -0.142. The van der Waals surface area contributed by atoms with Gasteiger partial charge in [0, 0.05) is 11.6 Å². The normalized spacial score (nSPS) is 15.8. The molecule has 1 aromatic rings. The van der Waals surface area contributed by atoms with Crippen LogP contribution in [0.4, 0.5) is 4.39 Å². The van der Waals surface area contributed by atoms with Crippen molar-refractivity contribution in [1.29, 1.82) is 0 Å². The molecule has 1 aliphatic rings. The minimum Gasteiger partial charge on any atom is -0.494 e. The number of hydrogen-bond acceptors (Lipinski definition) is 5. The molecule has 5 nitrogen and oxygen atoms in total. The predicted molar refractivity (Wildman–Crippen MR) is 93.6 cm³/mol. The van der Waals surface area contributed by atoms with Crippen molar-refractivity contribution < 1.29 is 23.4 Å². The van der Waals surface area contributed by atoms with Gasteiger partial charge in [-0.15, -0.1) is 0 Å². The van der Waals surface area contributed by atoms with Gasteiger partial charge >= 0.3 is 5.97 Å². The fourth-order valence-electron chi connectivity index (χ4n) is 2.92. The standard InChI is InChI=1S/C19H28FNO4/c1-4-23-16-10-15(11-18(22)24-5-2)19(20)17(12-16)25-13-14-6-8-21(3)9-7-14/h10,12,14H,4-9,11,13H2,1-3H3. The van der Waals surface area contributed by atoms with Crippen LogP contribution in [0.3, 0.4) is 0 Å². The average Bonchev–Trinajstić information content (AvgIpc) is 2.58. The number of likely N-dealkylation sites (tertiary alicyclic amines) is 1. The van der Waals surface area contributed by atoms with Crippen molar-refractivity contribution in [3.05, 3.63) is 23.5 Å². The summed E-state index contributed by atoms with van der Waals surface area (Å²) in [6, 6.07) is 3.10. The Morgan fingerprint density at radius 1 is 1.20 bits per heavy atom. The number of nitrogens with zero attached hydrogens (tertiary/aromatic N) is 1. The van der Waals surface area contributed by atoms with E-state index in [4.69, 9.17) is 14.2 Å². The molecular formula is C19H28FNO4. The number of benzene rings is 1. The molecular weight excluding hydrogens is 325 g/mol. The van der Waals surface area contributed by atoms with Gasteiger partial charge in [0.25, 0.3) is 0 Å². The third-order valence-corrected chi connectivity index (χ3v) is 4.35. The van der Waals surface area contributed by atoms with Gasteiger partial charge in [-0.1, -0.05) is 0 Å². The molecule has 2 rings (SSSR count). The van der Waals surface area contributed by atoms with Crippen LogP contribution >= 0.6 is 0 Å². The molecule has 1 aromatic carbocycles. The molecule has 0 aliphatic carbocycles. The van der Waals surface area contributed by atoms with Crippen LogP contribution in [0.15, 0.2) is 12.1 Å². The monoisotopic (exact) mass is 353 g/mol. The summed E-state index contributed by atoms with van der Waals surface area (Å²) in [6.07, 6.45) is 1.95. The highest BCUT2D eigenvalue weighted by Crippen LogP contribution is 2.29. The Hall–Kier alpha value is -1.82. The first-order valence-electron chi connectivity index (χ1n) is 8.95. The molecule has 0 unspecified atom stereocenters. The largest absolute Gasteiger partial charge is 0.494 e. The maximum Gasteiger partial charge on any atom is 0.310 e. The topological polar surface area (TPSA) is 48.0 Å². The zero-order valence-corrected chi connectivity index (χ0v) is 15.3. The Kier molecular flexibility index (Phi) is 7.50. The number of ether oxygens (including phenoxy) is 3. The van der Waals surface area contributed by atoms with Gasteiger partial charge in [0.15, 0.2) is 11.6 Å². The molecule has 1 fully saturated rings. The highest BCUT2D eigenvalue weighted by Gasteiger charge is 2.20. The minimum absolute atomic E-state index is 0.134. The summed E-state index contributed by atoms with van der Waals surface area (Å²) < 4.78 is 30.9.